The first kappa shape index (κ1) is 15.9. The lowest BCUT2D eigenvalue weighted by Gasteiger charge is -2.11. The van der Waals surface area contributed by atoms with Crippen LogP contribution in [0.25, 0.3) is 27.1 Å². The van der Waals surface area contributed by atoms with E-state index in [0.717, 1.165) is 16.5 Å². The van der Waals surface area contributed by atoms with Crippen LogP contribution in [-0.2, 0) is 12.8 Å². The smallest absolute Gasteiger partial charge is 0.196 e. The molecule has 0 saturated heterocycles. The number of rotatable bonds is 4. The van der Waals surface area contributed by atoms with Gasteiger partial charge in [0, 0.05) is 24.0 Å². The first-order valence-corrected chi connectivity index (χ1v) is 7.56. The summed E-state index contributed by atoms with van der Waals surface area (Å²) in [4.78, 5) is 12.7. The van der Waals surface area contributed by atoms with Gasteiger partial charge in [0.2, 0.25) is 0 Å². The molecule has 5 heteroatoms. The molecule has 0 aromatic heterocycles. The number of nitriles is 2. The van der Waals surface area contributed by atoms with Crippen LogP contribution in [0.2, 0.25) is 0 Å². The quantitative estimate of drug-likeness (QED) is 0.739. The topological polar surface area (TPSA) is 105 Å². The molecule has 3 aromatic carbocycles. The van der Waals surface area contributed by atoms with Crippen LogP contribution in [0, 0.1) is 22.7 Å². The molecule has 0 atom stereocenters. The molecule has 0 bridgehead atoms. The molecule has 0 spiro atoms. The van der Waals surface area contributed by atoms with Crippen LogP contribution in [0.5, 0.6) is 0 Å². The SMILES string of the molecule is N#CC(C#N)=c1c(=O)c2ccc(CCO)c3c(CCO)ccc1c32. The molecular weight excluding hydrogens is 304 g/mol. The van der Waals surface area contributed by atoms with Crippen LogP contribution >= 0.6 is 0 Å². The Labute approximate surface area is 137 Å². The zero-order chi connectivity index (χ0) is 17.3. The third kappa shape index (κ3) is 2.19. The van der Waals surface area contributed by atoms with E-state index >= 15 is 0 Å². The van der Waals surface area contributed by atoms with Crippen LogP contribution in [0.15, 0.2) is 29.1 Å². The molecule has 0 unspecified atom stereocenters. The van der Waals surface area contributed by atoms with Crippen molar-refractivity contribution >= 4 is 27.1 Å². The minimum atomic E-state index is -0.329. The van der Waals surface area contributed by atoms with Gasteiger partial charge in [0.25, 0.3) is 0 Å². The highest BCUT2D eigenvalue weighted by atomic mass is 16.3. The normalized spacial score (nSPS) is 10.8. The molecule has 0 aliphatic carbocycles. The number of nitrogens with zero attached hydrogens (tertiary/aromatic N) is 2. The number of aliphatic hydroxyl groups excluding tert-OH is 2. The molecule has 0 saturated carbocycles. The summed E-state index contributed by atoms with van der Waals surface area (Å²) in [5, 5.41) is 39.7. The van der Waals surface area contributed by atoms with Gasteiger partial charge in [-0.3, -0.25) is 4.79 Å². The lowest BCUT2D eigenvalue weighted by molar-refractivity contribution is 0.299. The molecule has 0 aliphatic heterocycles. The molecule has 24 heavy (non-hydrogen) atoms. The van der Waals surface area contributed by atoms with Gasteiger partial charge in [-0.1, -0.05) is 24.3 Å². The number of aliphatic hydroxyl groups is 2. The van der Waals surface area contributed by atoms with Crippen molar-refractivity contribution in [2.45, 2.75) is 12.8 Å². The molecule has 0 fully saturated rings. The molecule has 0 radical (unpaired) electrons. The summed E-state index contributed by atoms with van der Waals surface area (Å²) in [5.41, 5.74) is 1.23. The Bertz CT molecular complexity index is 1090. The fraction of sp³-hybridized carbons (Fsp3) is 0.211. The van der Waals surface area contributed by atoms with E-state index in [-0.39, 0.29) is 29.4 Å². The van der Waals surface area contributed by atoms with E-state index in [1.54, 1.807) is 30.3 Å². The predicted molar refractivity (Wildman–Crippen MR) is 90.3 cm³/mol. The highest BCUT2D eigenvalue weighted by Gasteiger charge is 2.18. The van der Waals surface area contributed by atoms with Gasteiger partial charge < -0.3 is 10.2 Å². The van der Waals surface area contributed by atoms with E-state index in [4.69, 9.17) is 10.5 Å². The fourth-order valence-corrected chi connectivity index (χ4v) is 3.34. The molecule has 2 N–H and O–H groups in total. The lowest BCUT2D eigenvalue weighted by atomic mass is 9.94. The van der Waals surface area contributed by atoms with Crippen molar-refractivity contribution in [2.75, 3.05) is 13.2 Å². The molecule has 0 heterocycles. The molecular formula is C19H14N2O3. The minimum absolute atomic E-state index is 0.0322. The average molecular weight is 318 g/mol. The fourth-order valence-electron chi connectivity index (χ4n) is 3.34. The number of hydrogen-bond acceptors (Lipinski definition) is 5. The van der Waals surface area contributed by atoms with Gasteiger partial charge in [0.15, 0.2) is 5.43 Å². The average Bonchev–Trinajstić information content (AvgIpc) is 2.87. The zero-order valence-corrected chi connectivity index (χ0v) is 12.8. The first-order chi connectivity index (χ1) is 11.7. The number of hydrogen-bond donors (Lipinski definition) is 2. The van der Waals surface area contributed by atoms with Crippen LogP contribution in [0.4, 0.5) is 0 Å². The predicted octanol–water partition coefficient (Wildman–Crippen LogP) is 0.777. The summed E-state index contributed by atoms with van der Waals surface area (Å²) < 4.78 is 0. The Kier molecular flexibility index (Phi) is 4.14. The standard InChI is InChI=1S/C19H14N2O3/c20-9-13(10-21)17-14-3-1-11(5-7-22)16-12(6-8-23)2-4-15(18(14)16)19(17)24/h1-4,22-23H,5-8H2. The van der Waals surface area contributed by atoms with Crippen molar-refractivity contribution in [1.82, 2.24) is 0 Å². The Hall–Kier alpha value is -2.99. The minimum Gasteiger partial charge on any atom is -0.396 e. The van der Waals surface area contributed by atoms with E-state index in [9.17, 15) is 15.0 Å². The van der Waals surface area contributed by atoms with Crippen LogP contribution in [0.1, 0.15) is 11.1 Å². The second kappa shape index (κ2) is 6.25. The largest absolute Gasteiger partial charge is 0.396 e. The highest BCUT2D eigenvalue weighted by molar-refractivity contribution is 6.15. The second-order valence-electron chi connectivity index (χ2n) is 5.54. The van der Waals surface area contributed by atoms with Crippen molar-refractivity contribution in [3.8, 4) is 12.1 Å². The van der Waals surface area contributed by atoms with Gasteiger partial charge in [-0.25, -0.2) is 0 Å². The monoisotopic (exact) mass is 318 g/mol. The summed E-state index contributed by atoms with van der Waals surface area (Å²) in [5.74, 6) is 0. The summed E-state index contributed by atoms with van der Waals surface area (Å²) in [6, 6.07) is 10.6. The van der Waals surface area contributed by atoms with Crippen molar-refractivity contribution in [3.63, 3.8) is 0 Å². The van der Waals surface area contributed by atoms with E-state index in [1.807, 2.05) is 6.07 Å². The van der Waals surface area contributed by atoms with E-state index in [0.29, 0.717) is 29.0 Å². The maximum atomic E-state index is 12.7. The Balaban J connectivity index is 2.62. The maximum Gasteiger partial charge on any atom is 0.196 e. The van der Waals surface area contributed by atoms with Crippen LogP contribution < -0.4 is 10.6 Å². The van der Waals surface area contributed by atoms with E-state index in [2.05, 4.69) is 0 Å². The van der Waals surface area contributed by atoms with Gasteiger partial charge in [-0.2, -0.15) is 10.5 Å². The van der Waals surface area contributed by atoms with Crippen molar-refractivity contribution in [3.05, 3.63) is 50.8 Å². The maximum absolute atomic E-state index is 12.7. The van der Waals surface area contributed by atoms with Gasteiger partial charge >= 0.3 is 0 Å². The molecule has 0 amide bonds. The summed E-state index contributed by atoms with van der Waals surface area (Å²) in [7, 11) is 0. The molecule has 3 aromatic rings. The van der Waals surface area contributed by atoms with Crippen molar-refractivity contribution in [2.24, 2.45) is 0 Å². The number of benzene rings is 2. The lowest BCUT2D eigenvalue weighted by Crippen LogP contribution is -2.21. The Morgan fingerprint density at radius 2 is 1.42 bits per heavy atom. The van der Waals surface area contributed by atoms with E-state index < -0.39 is 0 Å². The third-order valence-corrected chi connectivity index (χ3v) is 4.31. The highest BCUT2D eigenvalue weighted by Crippen LogP contribution is 2.30. The second-order valence-corrected chi connectivity index (χ2v) is 5.54. The summed E-state index contributed by atoms with van der Waals surface area (Å²) in [6.07, 6.45) is 0.852. The Morgan fingerprint density at radius 1 is 0.875 bits per heavy atom. The molecule has 118 valence electrons. The van der Waals surface area contributed by atoms with Gasteiger partial charge in [0.1, 0.15) is 17.7 Å². The Morgan fingerprint density at radius 3 is 1.92 bits per heavy atom. The van der Waals surface area contributed by atoms with Crippen LogP contribution in [-0.4, -0.2) is 23.4 Å². The molecule has 3 rings (SSSR count). The van der Waals surface area contributed by atoms with Gasteiger partial charge in [0.05, 0.1) is 5.22 Å². The first-order valence-electron chi connectivity index (χ1n) is 7.56. The van der Waals surface area contributed by atoms with Gasteiger partial charge in [-0.15, -0.1) is 0 Å². The molecule has 0 aliphatic rings. The van der Waals surface area contributed by atoms with E-state index in [1.165, 1.54) is 0 Å². The van der Waals surface area contributed by atoms with Crippen molar-refractivity contribution in [1.29, 1.82) is 10.5 Å². The zero-order valence-electron chi connectivity index (χ0n) is 12.8. The third-order valence-electron chi connectivity index (χ3n) is 4.31. The van der Waals surface area contributed by atoms with Crippen LogP contribution in [0.3, 0.4) is 0 Å². The molecule has 5 nitrogen and oxygen atoms in total. The van der Waals surface area contributed by atoms with Crippen molar-refractivity contribution < 1.29 is 10.2 Å². The summed E-state index contributed by atoms with van der Waals surface area (Å²) in [6.45, 7) is -0.0644. The van der Waals surface area contributed by atoms with Gasteiger partial charge in [-0.05, 0) is 34.7 Å². The summed E-state index contributed by atoms with van der Waals surface area (Å²) >= 11 is 0.